The average molecular weight is 298 g/mol. The van der Waals surface area contributed by atoms with Gasteiger partial charge in [-0.05, 0) is 41.1 Å². The highest BCUT2D eigenvalue weighted by molar-refractivity contribution is 9.10. The van der Waals surface area contributed by atoms with Gasteiger partial charge in [-0.25, -0.2) is 0 Å². The van der Waals surface area contributed by atoms with Gasteiger partial charge in [-0.2, -0.15) is 0 Å². The van der Waals surface area contributed by atoms with Gasteiger partial charge in [-0.15, -0.1) is 0 Å². The summed E-state index contributed by atoms with van der Waals surface area (Å²) >= 11 is 3.50. The molecular formula is C12H16BrN3O. The summed E-state index contributed by atoms with van der Waals surface area (Å²) < 4.78 is 0.919. The standard InChI is InChI=1S/C12H16BrN3O/c1-8-7-16(5-4-15-8)11-3-2-9(12(14)17)6-10(11)13/h2-3,6,8,15H,4-5,7H2,1H3,(H2,14,17)/t8-/m0/s1. The van der Waals surface area contributed by atoms with Crippen molar-refractivity contribution < 1.29 is 4.79 Å². The molecule has 0 unspecified atom stereocenters. The van der Waals surface area contributed by atoms with Crippen LogP contribution in [0, 0.1) is 0 Å². The van der Waals surface area contributed by atoms with Crippen LogP contribution in [-0.2, 0) is 0 Å². The molecule has 5 heteroatoms. The number of benzene rings is 1. The topological polar surface area (TPSA) is 58.4 Å². The van der Waals surface area contributed by atoms with Crippen molar-refractivity contribution in [2.45, 2.75) is 13.0 Å². The third kappa shape index (κ3) is 2.79. The van der Waals surface area contributed by atoms with Crippen LogP contribution in [0.5, 0.6) is 0 Å². The van der Waals surface area contributed by atoms with E-state index in [1.54, 1.807) is 12.1 Å². The number of carbonyl (C=O) groups excluding carboxylic acids is 1. The van der Waals surface area contributed by atoms with Crippen LogP contribution in [-0.4, -0.2) is 31.6 Å². The summed E-state index contributed by atoms with van der Waals surface area (Å²) in [6, 6.07) is 5.98. The van der Waals surface area contributed by atoms with Crippen molar-refractivity contribution >= 4 is 27.5 Å². The van der Waals surface area contributed by atoms with Crippen LogP contribution in [0.4, 0.5) is 5.69 Å². The summed E-state index contributed by atoms with van der Waals surface area (Å²) in [6.45, 7) is 5.08. The molecule has 1 aromatic rings. The molecule has 1 aromatic carbocycles. The second kappa shape index (κ2) is 5.06. The van der Waals surface area contributed by atoms with E-state index in [0.29, 0.717) is 11.6 Å². The molecule has 1 aliphatic heterocycles. The van der Waals surface area contributed by atoms with Crippen LogP contribution in [0.15, 0.2) is 22.7 Å². The van der Waals surface area contributed by atoms with Crippen molar-refractivity contribution in [2.24, 2.45) is 5.73 Å². The van der Waals surface area contributed by atoms with E-state index in [0.717, 1.165) is 29.8 Å². The summed E-state index contributed by atoms with van der Waals surface area (Å²) in [5.74, 6) is -0.397. The number of hydrogen-bond acceptors (Lipinski definition) is 3. The number of nitrogens with zero attached hydrogens (tertiary/aromatic N) is 1. The minimum Gasteiger partial charge on any atom is -0.368 e. The van der Waals surface area contributed by atoms with Crippen molar-refractivity contribution in [3.8, 4) is 0 Å². The largest absolute Gasteiger partial charge is 0.368 e. The first-order valence-electron chi connectivity index (χ1n) is 5.65. The molecular weight excluding hydrogens is 282 g/mol. The number of hydrogen-bond donors (Lipinski definition) is 2. The van der Waals surface area contributed by atoms with Gasteiger partial charge in [0.1, 0.15) is 0 Å². The summed E-state index contributed by atoms with van der Waals surface area (Å²) in [5, 5.41) is 3.40. The second-order valence-corrected chi connectivity index (χ2v) is 5.19. The molecule has 1 fully saturated rings. The molecule has 0 spiro atoms. The molecule has 0 radical (unpaired) electrons. The summed E-state index contributed by atoms with van der Waals surface area (Å²) in [6.07, 6.45) is 0. The maximum Gasteiger partial charge on any atom is 0.248 e. The van der Waals surface area contributed by atoms with Crippen LogP contribution in [0.25, 0.3) is 0 Å². The molecule has 0 bridgehead atoms. The van der Waals surface area contributed by atoms with Gasteiger partial charge in [0.2, 0.25) is 5.91 Å². The van der Waals surface area contributed by atoms with Crippen LogP contribution < -0.4 is 16.0 Å². The van der Waals surface area contributed by atoms with E-state index in [1.165, 1.54) is 0 Å². The van der Waals surface area contributed by atoms with Gasteiger partial charge in [0, 0.05) is 35.7 Å². The van der Waals surface area contributed by atoms with Gasteiger partial charge in [-0.3, -0.25) is 4.79 Å². The first-order chi connectivity index (χ1) is 8.08. The maximum absolute atomic E-state index is 11.1. The lowest BCUT2D eigenvalue weighted by molar-refractivity contribution is 0.100. The van der Waals surface area contributed by atoms with Crippen molar-refractivity contribution in [1.29, 1.82) is 0 Å². The van der Waals surface area contributed by atoms with E-state index >= 15 is 0 Å². The van der Waals surface area contributed by atoms with Crippen LogP contribution in [0.1, 0.15) is 17.3 Å². The number of carbonyl (C=O) groups is 1. The van der Waals surface area contributed by atoms with E-state index in [2.05, 4.69) is 33.1 Å². The van der Waals surface area contributed by atoms with E-state index in [4.69, 9.17) is 5.73 Å². The number of anilines is 1. The number of piperazine rings is 1. The molecule has 0 saturated carbocycles. The summed E-state index contributed by atoms with van der Waals surface area (Å²) in [5.41, 5.74) is 6.90. The molecule has 92 valence electrons. The first-order valence-corrected chi connectivity index (χ1v) is 6.45. The molecule has 0 aromatic heterocycles. The number of nitrogens with two attached hydrogens (primary N) is 1. The number of rotatable bonds is 2. The van der Waals surface area contributed by atoms with Gasteiger partial charge in [0.15, 0.2) is 0 Å². The Kier molecular flexibility index (Phi) is 3.69. The Bertz CT molecular complexity index is 436. The first kappa shape index (κ1) is 12.4. The van der Waals surface area contributed by atoms with Crippen LogP contribution in [0.2, 0.25) is 0 Å². The lowest BCUT2D eigenvalue weighted by Crippen LogP contribution is -2.49. The average Bonchev–Trinajstić information content (AvgIpc) is 2.28. The van der Waals surface area contributed by atoms with Gasteiger partial charge in [-0.1, -0.05) is 0 Å². The Hall–Kier alpha value is -1.07. The molecule has 1 amide bonds. The molecule has 0 aliphatic carbocycles. The van der Waals surface area contributed by atoms with Gasteiger partial charge >= 0.3 is 0 Å². The smallest absolute Gasteiger partial charge is 0.248 e. The van der Waals surface area contributed by atoms with Gasteiger partial charge in [0.25, 0.3) is 0 Å². The molecule has 1 atom stereocenters. The van der Waals surface area contributed by atoms with E-state index in [9.17, 15) is 4.79 Å². The van der Waals surface area contributed by atoms with E-state index in [-0.39, 0.29) is 0 Å². The third-order valence-corrected chi connectivity index (χ3v) is 3.58. The molecule has 17 heavy (non-hydrogen) atoms. The molecule has 2 rings (SSSR count). The fraction of sp³-hybridized carbons (Fsp3) is 0.417. The number of halogens is 1. The SMILES string of the molecule is C[C@H]1CN(c2ccc(C(N)=O)cc2Br)CCN1. The van der Waals surface area contributed by atoms with Crippen LogP contribution in [0.3, 0.4) is 0 Å². The summed E-state index contributed by atoms with van der Waals surface area (Å²) in [7, 11) is 0. The number of amides is 1. The Morgan fingerprint density at radius 2 is 2.35 bits per heavy atom. The summed E-state index contributed by atoms with van der Waals surface area (Å²) in [4.78, 5) is 13.4. The Balaban J connectivity index is 2.23. The van der Waals surface area contributed by atoms with Gasteiger partial charge < -0.3 is 16.0 Å². The molecule has 4 nitrogen and oxygen atoms in total. The zero-order valence-corrected chi connectivity index (χ0v) is 11.3. The third-order valence-electron chi connectivity index (χ3n) is 2.94. The minimum absolute atomic E-state index is 0.397. The van der Waals surface area contributed by atoms with Gasteiger partial charge in [0.05, 0.1) is 5.69 Å². The lowest BCUT2D eigenvalue weighted by Gasteiger charge is -2.34. The van der Waals surface area contributed by atoms with Crippen LogP contribution >= 0.6 is 15.9 Å². The number of primary amides is 1. The highest BCUT2D eigenvalue weighted by atomic mass is 79.9. The lowest BCUT2D eigenvalue weighted by atomic mass is 10.1. The second-order valence-electron chi connectivity index (χ2n) is 4.33. The predicted molar refractivity (Wildman–Crippen MR) is 72.3 cm³/mol. The van der Waals surface area contributed by atoms with E-state index in [1.807, 2.05) is 6.07 Å². The zero-order chi connectivity index (χ0) is 12.4. The Labute approximate surface area is 109 Å². The van der Waals surface area contributed by atoms with E-state index < -0.39 is 5.91 Å². The fourth-order valence-corrected chi connectivity index (χ4v) is 2.70. The maximum atomic E-state index is 11.1. The quantitative estimate of drug-likeness (QED) is 0.866. The van der Waals surface area contributed by atoms with Crippen molar-refractivity contribution in [2.75, 3.05) is 24.5 Å². The molecule has 1 heterocycles. The van der Waals surface area contributed by atoms with Crippen molar-refractivity contribution in [3.63, 3.8) is 0 Å². The highest BCUT2D eigenvalue weighted by Gasteiger charge is 2.18. The normalized spacial score (nSPS) is 20.4. The molecule has 1 aliphatic rings. The monoisotopic (exact) mass is 297 g/mol. The Morgan fingerprint density at radius 1 is 1.59 bits per heavy atom. The zero-order valence-electron chi connectivity index (χ0n) is 9.74. The predicted octanol–water partition coefficient (Wildman–Crippen LogP) is 1.35. The number of nitrogens with one attached hydrogen (secondary N) is 1. The minimum atomic E-state index is -0.397. The molecule has 3 N–H and O–H groups in total. The fourth-order valence-electron chi connectivity index (χ4n) is 2.07. The Morgan fingerprint density at radius 3 is 2.94 bits per heavy atom. The highest BCUT2D eigenvalue weighted by Crippen LogP contribution is 2.28. The molecule has 1 saturated heterocycles. The van der Waals surface area contributed by atoms with Crippen molar-refractivity contribution in [3.05, 3.63) is 28.2 Å². The van der Waals surface area contributed by atoms with Crippen molar-refractivity contribution in [1.82, 2.24) is 5.32 Å².